The van der Waals surface area contributed by atoms with E-state index in [9.17, 15) is 9.59 Å². The minimum atomic E-state index is -0.352. The zero-order valence-corrected chi connectivity index (χ0v) is 18.0. The van der Waals surface area contributed by atoms with Crippen molar-refractivity contribution in [2.45, 2.75) is 17.8 Å². The quantitative estimate of drug-likeness (QED) is 0.252. The summed E-state index contributed by atoms with van der Waals surface area (Å²) in [6, 6.07) is 23.8. The van der Waals surface area contributed by atoms with E-state index < -0.39 is 0 Å². The largest absolute Gasteiger partial charge is 0.486 e. The fraction of sp³-hybridized carbons (Fsp3) is 0.160. The fourth-order valence-corrected chi connectivity index (χ4v) is 4.52. The van der Waals surface area contributed by atoms with Gasteiger partial charge in [-0.1, -0.05) is 66.4 Å². The first-order chi connectivity index (χ1) is 15.7. The summed E-state index contributed by atoms with van der Waals surface area (Å²) in [7, 11) is 0. The maximum Gasteiger partial charge on any atom is 0.262 e. The van der Waals surface area contributed by atoms with Gasteiger partial charge in [0.1, 0.15) is 6.61 Å². The summed E-state index contributed by atoms with van der Waals surface area (Å²) < 4.78 is 13.5. The minimum absolute atomic E-state index is 0.0178. The molecular formula is C25H20N2O4S. The van der Waals surface area contributed by atoms with Crippen molar-refractivity contribution < 1.29 is 14.3 Å². The lowest BCUT2D eigenvalue weighted by Crippen LogP contribution is -2.37. The Morgan fingerprint density at radius 2 is 1.69 bits per heavy atom. The first kappa shape index (κ1) is 20.3. The van der Waals surface area contributed by atoms with Gasteiger partial charge in [0.25, 0.3) is 5.56 Å². The SMILES string of the molecule is O=C(CSc1nc2ccccc2c(=O)n1CC1COc2ccccc2O1)c1ccccc1. The predicted octanol–water partition coefficient (Wildman–Crippen LogP) is 4.21. The molecule has 4 aromatic rings. The highest BCUT2D eigenvalue weighted by Gasteiger charge is 2.24. The maximum absolute atomic E-state index is 13.3. The maximum atomic E-state index is 13.3. The lowest BCUT2D eigenvalue weighted by molar-refractivity contribution is 0.0757. The van der Waals surface area contributed by atoms with E-state index in [4.69, 9.17) is 9.47 Å². The molecule has 0 radical (unpaired) electrons. The van der Waals surface area contributed by atoms with Gasteiger partial charge < -0.3 is 9.47 Å². The summed E-state index contributed by atoms with van der Waals surface area (Å²) in [5, 5.41) is 1.02. The molecule has 6 nitrogen and oxygen atoms in total. The molecule has 1 aromatic heterocycles. The zero-order valence-electron chi connectivity index (χ0n) is 17.1. The Kier molecular flexibility index (Phi) is 5.64. The Labute approximate surface area is 188 Å². The van der Waals surface area contributed by atoms with Gasteiger partial charge in [0, 0.05) is 5.56 Å². The fourth-order valence-electron chi connectivity index (χ4n) is 3.61. The molecule has 0 aliphatic carbocycles. The van der Waals surface area contributed by atoms with Crippen molar-refractivity contribution in [2.24, 2.45) is 0 Å². The molecule has 0 fully saturated rings. The lowest BCUT2D eigenvalue weighted by atomic mass is 10.2. The molecule has 1 aliphatic heterocycles. The Balaban J connectivity index is 1.45. The van der Waals surface area contributed by atoms with E-state index in [0.29, 0.717) is 39.7 Å². The van der Waals surface area contributed by atoms with Crippen molar-refractivity contribution in [1.29, 1.82) is 0 Å². The van der Waals surface area contributed by atoms with Gasteiger partial charge >= 0.3 is 0 Å². The van der Waals surface area contributed by atoms with Gasteiger partial charge in [0.2, 0.25) is 0 Å². The van der Waals surface area contributed by atoms with Crippen LogP contribution >= 0.6 is 11.8 Å². The highest BCUT2D eigenvalue weighted by molar-refractivity contribution is 7.99. The average molecular weight is 445 g/mol. The first-order valence-electron chi connectivity index (χ1n) is 10.3. The summed E-state index contributed by atoms with van der Waals surface area (Å²) in [6.07, 6.45) is -0.352. The van der Waals surface area contributed by atoms with Gasteiger partial charge in [0.15, 0.2) is 28.5 Å². The molecular weight excluding hydrogens is 424 g/mol. The molecule has 5 rings (SSSR count). The number of ether oxygens (including phenoxy) is 2. The molecule has 1 aliphatic rings. The number of hydrogen-bond donors (Lipinski definition) is 0. The van der Waals surface area contributed by atoms with Crippen LogP contribution in [0.3, 0.4) is 0 Å². The second kappa shape index (κ2) is 8.88. The van der Waals surface area contributed by atoms with Crippen LogP contribution in [0.25, 0.3) is 10.9 Å². The highest BCUT2D eigenvalue weighted by atomic mass is 32.2. The average Bonchev–Trinajstić information content (AvgIpc) is 2.85. The second-order valence-corrected chi connectivity index (χ2v) is 8.35. The van der Waals surface area contributed by atoms with E-state index in [1.54, 1.807) is 28.8 Å². The number of nitrogens with zero attached hydrogens (tertiary/aromatic N) is 2. The number of hydrogen-bond acceptors (Lipinski definition) is 6. The van der Waals surface area contributed by atoms with Crippen LogP contribution in [0.1, 0.15) is 10.4 Å². The molecule has 0 spiro atoms. The molecule has 0 N–H and O–H groups in total. The van der Waals surface area contributed by atoms with E-state index in [0.717, 1.165) is 0 Å². The van der Waals surface area contributed by atoms with Crippen LogP contribution in [-0.4, -0.2) is 33.8 Å². The van der Waals surface area contributed by atoms with Crippen molar-refractivity contribution in [3.05, 3.63) is 94.8 Å². The third-order valence-corrected chi connectivity index (χ3v) is 6.18. The van der Waals surface area contributed by atoms with Crippen LogP contribution < -0.4 is 15.0 Å². The standard InChI is InChI=1S/C25H20N2O4S/c28-21(17-8-2-1-3-9-17)16-32-25-26-20-11-5-4-10-19(20)24(29)27(25)14-18-15-30-22-12-6-7-13-23(22)31-18/h1-13,18H,14-16H2. The van der Waals surface area contributed by atoms with E-state index >= 15 is 0 Å². The molecule has 0 bridgehead atoms. The number of benzene rings is 3. The first-order valence-corrected chi connectivity index (χ1v) is 11.3. The number of carbonyl (C=O) groups is 1. The number of aromatic nitrogens is 2. The van der Waals surface area contributed by atoms with Crippen LogP contribution in [0.2, 0.25) is 0 Å². The summed E-state index contributed by atoms with van der Waals surface area (Å²) in [4.78, 5) is 30.6. The number of carbonyl (C=O) groups excluding carboxylic acids is 1. The summed E-state index contributed by atoms with van der Waals surface area (Å²) in [5.41, 5.74) is 1.08. The van der Waals surface area contributed by atoms with Crippen LogP contribution in [-0.2, 0) is 6.54 Å². The highest BCUT2D eigenvalue weighted by Crippen LogP contribution is 2.31. The summed E-state index contributed by atoms with van der Waals surface area (Å²) in [6.45, 7) is 0.593. The zero-order chi connectivity index (χ0) is 21.9. The lowest BCUT2D eigenvalue weighted by Gasteiger charge is -2.27. The molecule has 1 unspecified atom stereocenters. The Morgan fingerprint density at radius 3 is 2.53 bits per heavy atom. The smallest absolute Gasteiger partial charge is 0.262 e. The van der Waals surface area contributed by atoms with Crippen molar-refractivity contribution >= 4 is 28.4 Å². The summed E-state index contributed by atoms with van der Waals surface area (Å²) in [5.74, 6) is 1.50. The van der Waals surface area contributed by atoms with Crippen LogP contribution in [0.5, 0.6) is 11.5 Å². The van der Waals surface area contributed by atoms with Gasteiger partial charge in [-0.3, -0.25) is 14.2 Å². The second-order valence-electron chi connectivity index (χ2n) is 7.40. The number of ketones is 1. The monoisotopic (exact) mass is 444 g/mol. The molecule has 3 aromatic carbocycles. The van der Waals surface area contributed by atoms with Gasteiger partial charge in [-0.15, -0.1) is 0 Å². The predicted molar refractivity (Wildman–Crippen MR) is 124 cm³/mol. The Bertz CT molecular complexity index is 1340. The number of para-hydroxylation sites is 3. The van der Waals surface area contributed by atoms with Crippen molar-refractivity contribution in [1.82, 2.24) is 9.55 Å². The minimum Gasteiger partial charge on any atom is -0.486 e. The van der Waals surface area contributed by atoms with Gasteiger partial charge in [-0.25, -0.2) is 4.98 Å². The molecule has 32 heavy (non-hydrogen) atoms. The number of rotatable bonds is 6. The third kappa shape index (κ3) is 4.11. The topological polar surface area (TPSA) is 70.4 Å². The summed E-state index contributed by atoms with van der Waals surface area (Å²) >= 11 is 1.26. The molecule has 0 saturated carbocycles. The molecule has 1 atom stereocenters. The normalized spacial score (nSPS) is 14.9. The van der Waals surface area contributed by atoms with Crippen molar-refractivity contribution in [3.63, 3.8) is 0 Å². The molecule has 0 amide bonds. The third-order valence-electron chi connectivity index (χ3n) is 5.21. The van der Waals surface area contributed by atoms with Gasteiger partial charge in [-0.05, 0) is 24.3 Å². The number of Topliss-reactive ketones (excluding diaryl/α,β-unsaturated/α-hetero) is 1. The molecule has 0 saturated heterocycles. The number of thioether (sulfide) groups is 1. The van der Waals surface area contributed by atoms with Crippen LogP contribution in [0.4, 0.5) is 0 Å². The molecule has 160 valence electrons. The van der Waals surface area contributed by atoms with Gasteiger partial charge in [0.05, 0.1) is 23.2 Å². The van der Waals surface area contributed by atoms with E-state index in [1.807, 2.05) is 54.6 Å². The van der Waals surface area contributed by atoms with E-state index in [-0.39, 0.29) is 29.7 Å². The van der Waals surface area contributed by atoms with E-state index in [2.05, 4.69) is 4.98 Å². The number of fused-ring (bicyclic) bond motifs is 2. The van der Waals surface area contributed by atoms with Crippen molar-refractivity contribution in [3.8, 4) is 11.5 Å². The molecule has 7 heteroatoms. The Hall–Kier alpha value is -3.58. The van der Waals surface area contributed by atoms with Crippen LogP contribution in [0.15, 0.2) is 88.8 Å². The molecule has 2 heterocycles. The van der Waals surface area contributed by atoms with Gasteiger partial charge in [-0.2, -0.15) is 0 Å². The van der Waals surface area contributed by atoms with E-state index in [1.165, 1.54) is 11.8 Å². The Morgan fingerprint density at radius 1 is 0.969 bits per heavy atom. The van der Waals surface area contributed by atoms with Crippen molar-refractivity contribution in [2.75, 3.05) is 12.4 Å². The van der Waals surface area contributed by atoms with Crippen LogP contribution in [0, 0.1) is 0 Å².